The molecule has 0 spiro atoms. The second-order valence-corrected chi connectivity index (χ2v) is 5.52. The summed E-state index contributed by atoms with van der Waals surface area (Å²) in [6.45, 7) is 1.70. The number of rotatable bonds is 1. The van der Waals surface area contributed by atoms with Crippen LogP contribution >= 0.6 is 0 Å². The van der Waals surface area contributed by atoms with Crippen LogP contribution in [0.15, 0.2) is 48.7 Å². The minimum atomic E-state index is -0.149. The molecule has 0 bridgehead atoms. The number of nitrogens with two attached hydrogens (primary N) is 1. The molecular weight excluding hydrogens is 265 g/mol. The molecule has 2 aromatic carbocycles. The van der Waals surface area contributed by atoms with Crippen LogP contribution in [0.4, 0.5) is 10.1 Å². The summed E-state index contributed by atoms with van der Waals surface area (Å²) in [5, 5.41) is 1.16. The van der Waals surface area contributed by atoms with E-state index in [-0.39, 0.29) is 5.82 Å². The molecule has 0 unspecified atom stereocenters. The van der Waals surface area contributed by atoms with Crippen molar-refractivity contribution in [2.45, 2.75) is 13.0 Å². The monoisotopic (exact) mass is 281 g/mol. The summed E-state index contributed by atoms with van der Waals surface area (Å²) >= 11 is 0. The molecule has 1 aliphatic rings. The van der Waals surface area contributed by atoms with E-state index in [0.717, 1.165) is 36.0 Å². The van der Waals surface area contributed by atoms with E-state index in [1.165, 1.54) is 11.3 Å². The Hall–Kier alpha value is -2.49. The van der Waals surface area contributed by atoms with Crippen molar-refractivity contribution in [2.24, 2.45) is 0 Å². The second-order valence-electron chi connectivity index (χ2n) is 5.52. The summed E-state index contributed by atoms with van der Waals surface area (Å²) in [4.78, 5) is 2.34. The minimum absolute atomic E-state index is 0.149. The van der Waals surface area contributed by atoms with Crippen molar-refractivity contribution in [1.29, 1.82) is 0 Å². The van der Waals surface area contributed by atoms with E-state index in [4.69, 9.17) is 5.84 Å². The molecule has 1 aliphatic heterocycles. The number of nitrogen functional groups attached to an aromatic ring is 1. The van der Waals surface area contributed by atoms with Crippen molar-refractivity contribution in [2.75, 3.05) is 17.3 Å². The highest BCUT2D eigenvalue weighted by Crippen LogP contribution is 2.31. The molecule has 0 saturated heterocycles. The molecule has 0 radical (unpaired) electrons. The van der Waals surface area contributed by atoms with Gasteiger partial charge in [0.2, 0.25) is 0 Å². The lowest BCUT2D eigenvalue weighted by Gasteiger charge is -2.31. The maximum atomic E-state index is 13.3. The summed E-state index contributed by atoms with van der Waals surface area (Å²) in [6, 6.07) is 13.3. The summed E-state index contributed by atoms with van der Waals surface area (Å²) in [5.41, 5.74) is 4.53. The Balaban J connectivity index is 1.75. The third-order valence-electron chi connectivity index (χ3n) is 4.26. The average molecular weight is 281 g/mol. The number of nitrogens with zero attached hydrogens (tertiary/aromatic N) is 2. The minimum Gasteiger partial charge on any atom is -0.366 e. The number of aromatic nitrogens is 1. The zero-order valence-corrected chi connectivity index (χ0v) is 11.6. The molecule has 106 valence electrons. The van der Waals surface area contributed by atoms with Crippen LogP contribution in [0.25, 0.3) is 10.9 Å². The molecule has 0 atom stereocenters. The van der Waals surface area contributed by atoms with Gasteiger partial charge in [0, 0.05) is 30.4 Å². The quantitative estimate of drug-likeness (QED) is 0.696. The first kappa shape index (κ1) is 12.3. The Morgan fingerprint density at radius 3 is 2.86 bits per heavy atom. The van der Waals surface area contributed by atoms with Gasteiger partial charge in [0.25, 0.3) is 0 Å². The average Bonchev–Trinajstić information content (AvgIpc) is 2.88. The summed E-state index contributed by atoms with van der Waals surface area (Å²) in [7, 11) is 0. The van der Waals surface area contributed by atoms with Crippen LogP contribution in [0.5, 0.6) is 0 Å². The van der Waals surface area contributed by atoms with Gasteiger partial charge in [0.15, 0.2) is 0 Å². The lowest BCUT2D eigenvalue weighted by molar-refractivity contribution is 0.619. The number of hydrogen-bond donors (Lipinski definition) is 1. The first-order valence-corrected chi connectivity index (χ1v) is 7.10. The molecule has 0 fully saturated rings. The predicted octanol–water partition coefficient (Wildman–Crippen LogP) is 3.06. The topological polar surface area (TPSA) is 34.2 Å². The van der Waals surface area contributed by atoms with Crippen LogP contribution in [0.2, 0.25) is 0 Å². The SMILES string of the molecule is Nn1ccc2c(N3CCc4cc(F)ccc4C3)cccc21. The van der Waals surface area contributed by atoms with Crippen LogP contribution in [-0.4, -0.2) is 11.2 Å². The molecule has 2 heterocycles. The van der Waals surface area contributed by atoms with E-state index in [2.05, 4.69) is 11.0 Å². The fourth-order valence-electron chi connectivity index (χ4n) is 3.18. The Kier molecular flexibility index (Phi) is 2.64. The highest BCUT2D eigenvalue weighted by Gasteiger charge is 2.19. The first-order valence-electron chi connectivity index (χ1n) is 7.10. The number of fused-ring (bicyclic) bond motifs is 2. The highest BCUT2D eigenvalue weighted by molar-refractivity contribution is 5.93. The summed E-state index contributed by atoms with van der Waals surface area (Å²) in [5.74, 6) is 5.78. The molecule has 4 heteroatoms. The molecule has 0 amide bonds. The van der Waals surface area contributed by atoms with Crippen LogP contribution in [0.3, 0.4) is 0 Å². The van der Waals surface area contributed by atoms with Gasteiger partial charge in [-0.25, -0.2) is 4.39 Å². The zero-order chi connectivity index (χ0) is 14.4. The van der Waals surface area contributed by atoms with Gasteiger partial charge in [-0.1, -0.05) is 12.1 Å². The normalized spacial score (nSPS) is 14.4. The van der Waals surface area contributed by atoms with E-state index < -0.39 is 0 Å². The number of benzene rings is 2. The van der Waals surface area contributed by atoms with E-state index in [1.54, 1.807) is 16.8 Å². The van der Waals surface area contributed by atoms with Gasteiger partial charge in [0.05, 0.1) is 5.52 Å². The molecule has 0 aliphatic carbocycles. The van der Waals surface area contributed by atoms with Crippen molar-refractivity contribution in [3.05, 3.63) is 65.6 Å². The van der Waals surface area contributed by atoms with E-state index in [0.29, 0.717) is 0 Å². The maximum absolute atomic E-state index is 13.3. The van der Waals surface area contributed by atoms with Gasteiger partial charge >= 0.3 is 0 Å². The van der Waals surface area contributed by atoms with E-state index in [1.807, 2.05) is 30.5 Å². The number of halogens is 1. The molecule has 2 N–H and O–H groups in total. The smallest absolute Gasteiger partial charge is 0.123 e. The number of hydrogen-bond acceptors (Lipinski definition) is 2. The van der Waals surface area contributed by atoms with Gasteiger partial charge in [-0.2, -0.15) is 0 Å². The van der Waals surface area contributed by atoms with Crippen molar-refractivity contribution >= 4 is 16.6 Å². The van der Waals surface area contributed by atoms with Crippen LogP contribution < -0.4 is 10.7 Å². The molecule has 21 heavy (non-hydrogen) atoms. The molecule has 0 saturated carbocycles. The van der Waals surface area contributed by atoms with Crippen molar-refractivity contribution in [3.63, 3.8) is 0 Å². The molecular formula is C17H16FN3. The van der Waals surface area contributed by atoms with Gasteiger partial charge in [-0.3, -0.25) is 4.68 Å². The second kappa shape index (κ2) is 4.52. The van der Waals surface area contributed by atoms with Crippen LogP contribution in [0.1, 0.15) is 11.1 Å². The van der Waals surface area contributed by atoms with Crippen LogP contribution in [0, 0.1) is 5.82 Å². The maximum Gasteiger partial charge on any atom is 0.123 e. The van der Waals surface area contributed by atoms with Crippen LogP contribution in [-0.2, 0) is 13.0 Å². The van der Waals surface area contributed by atoms with Crippen molar-refractivity contribution in [3.8, 4) is 0 Å². The lowest BCUT2D eigenvalue weighted by Crippen LogP contribution is -2.30. The molecule has 3 aromatic rings. The molecule has 4 rings (SSSR count). The lowest BCUT2D eigenvalue weighted by atomic mass is 9.99. The van der Waals surface area contributed by atoms with Gasteiger partial charge in [0.1, 0.15) is 5.82 Å². The Morgan fingerprint density at radius 1 is 1.05 bits per heavy atom. The standard InChI is InChI=1S/C17H16FN3/c18-14-5-4-13-11-20(8-6-12(13)10-14)16-2-1-3-17-15(16)7-9-21(17)19/h1-5,7,9-10H,6,8,11,19H2. The largest absolute Gasteiger partial charge is 0.366 e. The Morgan fingerprint density at radius 2 is 1.95 bits per heavy atom. The first-order chi connectivity index (χ1) is 10.2. The molecule has 1 aromatic heterocycles. The third-order valence-corrected chi connectivity index (χ3v) is 4.26. The fraction of sp³-hybridized carbons (Fsp3) is 0.176. The van der Waals surface area contributed by atoms with Gasteiger partial charge < -0.3 is 10.7 Å². The predicted molar refractivity (Wildman–Crippen MR) is 83.2 cm³/mol. The van der Waals surface area contributed by atoms with Gasteiger partial charge in [-0.05, 0) is 47.9 Å². The van der Waals surface area contributed by atoms with E-state index in [9.17, 15) is 4.39 Å². The Bertz CT molecular complexity index is 822. The molecule has 3 nitrogen and oxygen atoms in total. The summed E-state index contributed by atoms with van der Waals surface area (Å²) < 4.78 is 14.9. The Labute approximate surface area is 122 Å². The van der Waals surface area contributed by atoms with Gasteiger partial charge in [-0.15, -0.1) is 0 Å². The van der Waals surface area contributed by atoms with Crippen molar-refractivity contribution in [1.82, 2.24) is 4.68 Å². The third kappa shape index (κ3) is 1.95. The number of anilines is 1. The van der Waals surface area contributed by atoms with E-state index >= 15 is 0 Å². The fourth-order valence-corrected chi connectivity index (χ4v) is 3.18. The van der Waals surface area contributed by atoms with Crippen molar-refractivity contribution < 1.29 is 4.39 Å². The highest BCUT2D eigenvalue weighted by atomic mass is 19.1. The summed E-state index contributed by atoms with van der Waals surface area (Å²) in [6.07, 6.45) is 2.74. The zero-order valence-electron chi connectivity index (χ0n) is 11.6.